The predicted molar refractivity (Wildman–Crippen MR) is 81.7 cm³/mol. The van der Waals surface area contributed by atoms with E-state index in [9.17, 15) is 9.90 Å². The Bertz CT molecular complexity index is 841. The number of aliphatic hydroxyl groups excluding tert-OH is 1. The lowest BCUT2D eigenvalue weighted by Gasteiger charge is -2.06. The molecule has 112 valence electrons. The first-order valence-corrected chi connectivity index (χ1v) is 6.89. The fourth-order valence-corrected chi connectivity index (χ4v) is 2.53. The van der Waals surface area contributed by atoms with Gasteiger partial charge in [0, 0.05) is 5.56 Å². The van der Waals surface area contributed by atoms with Gasteiger partial charge in [-0.1, -0.05) is 30.3 Å². The highest BCUT2D eigenvalue weighted by molar-refractivity contribution is 6.04. The maximum Gasteiger partial charge on any atom is 0.336 e. The van der Waals surface area contributed by atoms with Crippen LogP contribution in [0.1, 0.15) is 16.1 Å². The fourth-order valence-electron chi connectivity index (χ4n) is 2.53. The molecule has 0 bridgehead atoms. The van der Waals surface area contributed by atoms with E-state index in [0.717, 1.165) is 5.56 Å². The van der Waals surface area contributed by atoms with E-state index in [0.29, 0.717) is 22.4 Å². The number of fused-ring (bicyclic) bond motifs is 1. The normalized spacial score (nSPS) is 11.0. The van der Waals surface area contributed by atoms with Crippen LogP contribution in [0, 0.1) is 6.92 Å². The van der Waals surface area contributed by atoms with Gasteiger partial charge < -0.3 is 10.2 Å². The van der Waals surface area contributed by atoms with Crippen LogP contribution in [-0.4, -0.2) is 37.6 Å². The van der Waals surface area contributed by atoms with Gasteiger partial charge in [-0.05, 0) is 13.0 Å². The maximum atomic E-state index is 11.6. The SMILES string of the molecule is Cc1nn(CCO)c2nc(-c3ccccc3)cc(C(=O)O)c12. The molecule has 0 aliphatic heterocycles. The van der Waals surface area contributed by atoms with Crippen LogP contribution in [0.5, 0.6) is 0 Å². The van der Waals surface area contributed by atoms with Crippen LogP contribution >= 0.6 is 0 Å². The number of hydrogen-bond donors (Lipinski definition) is 2. The third-order valence-corrected chi connectivity index (χ3v) is 3.49. The molecule has 0 aliphatic rings. The number of rotatable bonds is 4. The van der Waals surface area contributed by atoms with Gasteiger partial charge >= 0.3 is 5.97 Å². The minimum Gasteiger partial charge on any atom is -0.478 e. The van der Waals surface area contributed by atoms with Crippen molar-refractivity contribution in [2.45, 2.75) is 13.5 Å². The minimum atomic E-state index is -1.02. The number of aromatic nitrogens is 3. The van der Waals surface area contributed by atoms with E-state index in [1.165, 1.54) is 0 Å². The summed E-state index contributed by atoms with van der Waals surface area (Å²) in [6, 6.07) is 11.0. The first-order valence-electron chi connectivity index (χ1n) is 6.89. The van der Waals surface area contributed by atoms with E-state index in [2.05, 4.69) is 10.1 Å². The predicted octanol–water partition coefficient (Wildman–Crippen LogP) is 2.10. The average Bonchev–Trinajstić information content (AvgIpc) is 2.84. The summed E-state index contributed by atoms with van der Waals surface area (Å²) in [6.45, 7) is 1.93. The third-order valence-electron chi connectivity index (χ3n) is 3.49. The molecule has 0 atom stereocenters. The fraction of sp³-hybridized carbons (Fsp3) is 0.188. The molecule has 0 saturated heterocycles. The molecule has 3 rings (SSSR count). The topological polar surface area (TPSA) is 88.2 Å². The number of benzene rings is 1. The maximum absolute atomic E-state index is 11.6. The largest absolute Gasteiger partial charge is 0.478 e. The molecule has 0 spiro atoms. The molecular weight excluding hydrogens is 282 g/mol. The van der Waals surface area contributed by atoms with Crippen molar-refractivity contribution >= 4 is 17.0 Å². The van der Waals surface area contributed by atoms with Crippen LogP contribution in [0.4, 0.5) is 0 Å². The van der Waals surface area contributed by atoms with E-state index < -0.39 is 5.97 Å². The molecule has 0 amide bonds. The Morgan fingerprint density at radius 2 is 2.00 bits per heavy atom. The quantitative estimate of drug-likeness (QED) is 0.770. The van der Waals surface area contributed by atoms with Crippen molar-refractivity contribution in [3.05, 3.63) is 47.7 Å². The van der Waals surface area contributed by atoms with Gasteiger partial charge in [-0.15, -0.1) is 0 Å². The Morgan fingerprint density at radius 1 is 1.27 bits per heavy atom. The number of carbonyl (C=O) groups is 1. The number of hydrogen-bond acceptors (Lipinski definition) is 4. The molecular formula is C16H15N3O3. The van der Waals surface area contributed by atoms with E-state index >= 15 is 0 Å². The molecule has 6 heteroatoms. The second-order valence-corrected chi connectivity index (χ2v) is 4.96. The van der Waals surface area contributed by atoms with Gasteiger partial charge in [-0.3, -0.25) is 0 Å². The van der Waals surface area contributed by atoms with Crippen molar-refractivity contribution in [3.8, 4) is 11.3 Å². The Labute approximate surface area is 126 Å². The molecule has 2 heterocycles. The van der Waals surface area contributed by atoms with Gasteiger partial charge in [0.1, 0.15) is 0 Å². The zero-order valence-electron chi connectivity index (χ0n) is 12.0. The van der Waals surface area contributed by atoms with Crippen LogP contribution in [0.3, 0.4) is 0 Å². The standard InChI is InChI=1S/C16H15N3O3/c1-10-14-12(16(21)22)9-13(11-5-3-2-4-6-11)17-15(14)19(18-10)7-8-20/h2-6,9,20H,7-8H2,1H3,(H,21,22). The highest BCUT2D eigenvalue weighted by atomic mass is 16.4. The Hall–Kier alpha value is -2.73. The molecule has 3 aromatic rings. The van der Waals surface area contributed by atoms with Crippen molar-refractivity contribution < 1.29 is 15.0 Å². The number of carboxylic acids is 1. The highest BCUT2D eigenvalue weighted by Gasteiger charge is 2.19. The van der Waals surface area contributed by atoms with Crippen LogP contribution in [0.25, 0.3) is 22.3 Å². The summed E-state index contributed by atoms with van der Waals surface area (Å²) in [4.78, 5) is 16.2. The molecule has 2 aromatic heterocycles. The lowest BCUT2D eigenvalue weighted by Crippen LogP contribution is -2.06. The first-order chi connectivity index (χ1) is 10.6. The Balaban J connectivity index is 2.32. The zero-order chi connectivity index (χ0) is 15.7. The number of carboxylic acid groups (broad SMARTS) is 1. The number of nitrogens with zero attached hydrogens (tertiary/aromatic N) is 3. The van der Waals surface area contributed by atoms with Gasteiger partial charge in [0.25, 0.3) is 0 Å². The summed E-state index contributed by atoms with van der Waals surface area (Å²) < 4.78 is 1.55. The summed E-state index contributed by atoms with van der Waals surface area (Å²) in [5.74, 6) is -1.02. The van der Waals surface area contributed by atoms with Crippen LogP contribution < -0.4 is 0 Å². The average molecular weight is 297 g/mol. The third kappa shape index (κ3) is 2.33. The summed E-state index contributed by atoms with van der Waals surface area (Å²) in [5, 5.41) is 23.5. The molecule has 6 nitrogen and oxygen atoms in total. The summed E-state index contributed by atoms with van der Waals surface area (Å²) in [7, 11) is 0. The van der Waals surface area contributed by atoms with Crippen molar-refractivity contribution in [2.24, 2.45) is 0 Å². The number of aryl methyl sites for hydroxylation is 1. The minimum absolute atomic E-state index is 0.0874. The molecule has 0 radical (unpaired) electrons. The Kier molecular flexibility index (Phi) is 3.60. The summed E-state index contributed by atoms with van der Waals surface area (Å²) in [5.41, 5.74) is 2.65. The van der Waals surface area contributed by atoms with E-state index in [1.54, 1.807) is 17.7 Å². The van der Waals surface area contributed by atoms with Crippen molar-refractivity contribution in [3.63, 3.8) is 0 Å². The van der Waals surface area contributed by atoms with E-state index in [1.807, 2.05) is 30.3 Å². The van der Waals surface area contributed by atoms with Crippen molar-refractivity contribution in [2.75, 3.05) is 6.61 Å². The highest BCUT2D eigenvalue weighted by Crippen LogP contribution is 2.27. The molecule has 0 aliphatic carbocycles. The number of pyridine rings is 1. The second-order valence-electron chi connectivity index (χ2n) is 4.96. The second kappa shape index (κ2) is 5.57. The smallest absolute Gasteiger partial charge is 0.336 e. The van der Waals surface area contributed by atoms with Crippen molar-refractivity contribution in [1.29, 1.82) is 0 Å². The monoisotopic (exact) mass is 297 g/mol. The number of aliphatic hydroxyl groups is 1. The number of aromatic carboxylic acids is 1. The van der Waals surface area contributed by atoms with Crippen molar-refractivity contribution in [1.82, 2.24) is 14.8 Å². The lowest BCUT2D eigenvalue weighted by molar-refractivity contribution is 0.0699. The molecule has 0 fully saturated rings. The lowest BCUT2D eigenvalue weighted by atomic mass is 10.1. The van der Waals surface area contributed by atoms with Crippen LogP contribution in [-0.2, 0) is 6.54 Å². The van der Waals surface area contributed by atoms with Crippen LogP contribution in [0.15, 0.2) is 36.4 Å². The molecule has 22 heavy (non-hydrogen) atoms. The van der Waals surface area contributed by atoms with Gasteiger partial charge in [0.05, 0.1) is 35.5 Å². The summed E-state index contributed by atoms with van der Waals surface area (Å²) >= 11 is 0. The van der Waals surface area contributed by atoms with E-state index in [-0.39, 0.29) is 18.7 Å². The van der Waals surface area contributed by atoms with Crippen LogP contribution in [0.2, 0.25) is 0 Å². The molecule has 1 aromatic carbocycles. The van der Waals surface area contributed by atoms with Gasteiger partial charge in [0.2, 0.25) is 0 Å². The van der Waals surface area contributed by atoms with Gasteiger partial charge in [-0.25, -0.2) is 14.5 Å². The van der Waals surface area contributed by atoms with Gasteiger partial charge in [-0.2, -0.15) is 5.10 Å². The first kappa shape index (κ1) is 14.2. The Morgan fingerprint density at radius 3 is 2.64 bits per heavy atom. The zero-order valence-corrected chi connectivity index (χ0v) is 12.0. The molecule has 0 saturated carbocycles. The van der Waals surface area contributed by atoms with Gasteiger partial charge in [0.15, 0.2) is 5.65 Å². The summed E-state index contributed by atoms with van der Waals surface area (Å²) in [6.07, 6.45) is 0. The molecule has 2 N–H and O–H groups in total. The van der Waals surface area contributed by atoms with E-state index in [4.69, 9.17) is 5.11 Å². The molecule has 0 unspecified atom stereocenters.